The van der Waals surface area contributed by atoms with Crippen LogP contribution >= 0.6 is 0 Å². The Morgan fingerprint density at radius 2 is 2.15 bits per heavy atom. The third-order valence-corrected chi connectivity index (χ3v) is 4.48. The molecule has 3 atom stereocenters. The number of aliphatic hydroxyl groups is 1. The molecule has 1 saturated carbocycles. The Morgan fingerprint density at radius 1 is 1.35 bits per heavy atom. The normalized spacial score (nSPS) is 28.1. The Bertz CT molecular complexity index is 476. The number of ether oxygens (including phenoxy) is 1. The van der Waals surface area contributed by atoms with Crippen LogP contribution in [0.4, 0.5) is 10.1 Å². The second-order valence-electron chi connectivity index (χ2n) is 5.83. The zero-order valence-corrected chi connectivity index (χ0v) is 11.9. The van der Waals surface area contributed by atoms with Crippen molar-refractivity contribution in [2.75, 3.05) is 18.1 Å². The molecule has 0 spiro atoms. The summed E-state index contributed by atoms with van der Waals surface area (Å²) in [6, 6.07) is 5.09. The predicted molar refractivity (Wildman–Crippen MR) is 76.4 cm³/mol. The first kappa shape index (κ1) is 13.8. The van der Waals surface area contributed by atoms with E-state index in [4.69, 9.17) is 4.74 Å². The summed E-state index contributed by atoms with van der Waals surface area (Å²) in [5, 5.41) is 9.93. The van der Waals surface area contributed by atoms with Crippen molar-refractivity contribution in [2.24, 2.45) is 0 Å². The van der Waals surface area contributed by atoms with Crippen molar-refractivity contribution in [3.05, 3.63) is 29.6 Å². The lowest BCUT2D eigenvalue weighted by Gasteiger charge is -2.45. The smallest absolute Gasteiger partial charge is 0.123 e. The van der Waals surface area contributed by atoms with E-state index < -0.39 is 6.10 Å². The Kier molecular flexibility index (Phi) is 3.94. The number of hydrogen-bond acceptors (Lipinski definition) is 3. The molecule has 0 amide bonds. The minimum atomic E-state index is -0.661. The van der Waals surface area contributed by atoms with Crippen LogP contribution in [0.25, 0.3) is 0 Å². The Hall–Kier alpha value is -1.13. The summed E-state index contributed by atoms with van der Waals surface area (Å²) >= 11 is 0. The van der Waals surface area contributed by atoms with Gasteiger partial charge in [-0.05, 0) is 38.0 Å². The molecule has 1 saturated heterocycles. The third-order valence-electron chi connectivity index (χ3n) is 4.48. The van der Waals surface area contributed by atoms with Gasteiger partial charge in [0.2, 0.25) is 0 Å². The molecule has 2 aliphatic rings. The van der Waals surface area contributed by atoms with E-state index >= 15 is 0 Å². The first-order chi connectivity index (χ1) is 9.66. The van der Waals surface area contributed by atoms with Crippen molar-refractivity contribution < 1.29 is 14.2 Å². The molecule has 0 radical (unpaired) electrons. The molecule has 110 valence electrons. The number of aliphatic hydroxyl groups excluding tert-OH is 1. The molecule has 1 N–H and O–H groups in total. The molecule has 3 rings (SSSR count). The topological polar surface area (TPSA) is 32.7 Å². The van der Waals surface area contributed by atoms with E-state index in [2.05, 4.69) is 4.90 Å². The number of hydrogen-bond donors (Lipinski definition) is 1. The Morgan fingerprint density at radius 3 is 2.95 bits per heavy atom. The van der Waals surface area contributed by atoms with Crippen LogP contribution in [0.3, 0.4) is 0 Å². The highest BCUT2D eigenvalue weighted by atomic mass is 19.1. The summed E-state index contributed by atoms with van der Waals surface area (Å²) in [5.74, 6) is -0.293. The van der Waals surface area contributed by atoms with Crippen LogP contribution in [0.5, 0.6) is 0 Å². The zero-order chi connectivity index (χ0) is 14.1. The van der Waals surface area contributed by atoms with E-state index in [1.807, 2.05) is 0 Å². The van der Waals surface area contributed by atoms with E-state index in [1.165, 1.54) is 25.0 Å². The lowest BCUT2D eigenvalue weighted by atomic mass is 9.89. The number of morpholine rings is 1. The maximum atomic E-state index is 13.5. The molecule has 2 unspecified atom stereocenters. The van der Waals surface area contributed by atoms with Crippen molar-refractivity contribution in [3.63, 3.8) is 0 Å². The van der Waals surface area contributed by atoms with E-state index in [0.29, 0.717) is 18.2 Å². The number of benzene rings is 1. The summed E-state index contributed by atoms with van der Waals surface area (Å²) in [4.78, 5) is 2.31. The van der Waals surface area contributed by atoms with Crippen LogP contribution in [0.1, 0.15) is 44.3 Å². The Labute approximate surface area is 119 Å². The van der Waals surface area contributed by atoms with Gasteiger partial charge in [-0.2, -0.15) is 0 Å². The number of nitrogens with zero attached hydrogens (tertiary/aromatic N) is 1. The fourth-order valence-corrected chi connectivity index (χ4v) is 3.52. The van der Waals surface area contributed by atoms with Crippen molar-refractivity contribution >= 4 is 5.69 Å². The van der Waals surface area contributed by atoms with Gasteiger partial charge in [0.25, 0.3) is 0 Å². The average molecular weight is 279 g/mol. The number of halogens is 1. The van der Waals surface area contributed by atoms with Crippen molar-refractivity contribution in [1.82, 2.24) is 0 Å². The van der Waals surface area contributed by atoms with Gasteiger partial charge in [0.05, 0.1) is 24.9 Å². The summed E-state index contributed by atoms with van der Waals surface area (Å²) in [6.45, 7) is 3.21. The monoisotopic (exact) mass is 279 g/mol. The molecule has 1 aliphatic carbocycles. The molecule has 1 aromatic rings. The lowest BCUT2D eigenvalue weighted by Crippen LogP contribution is -2.53. The van der Waals surface area contributed by atoms with Crippen LogP contribution in [-0.4, -0.2) is 30.4 Å². The highest BCUT2D eigenvalue weighted by Crippen LogP contribution is 2.35. The van der Waals surface area contributed by atoms with Crippen LogP contribution in [0, 0.1) is 5.82 Å². The van der Waals surface area contributed by atoms with Gasteiger partial charge >= 0.3 is 0 Å². The summed E-state index contributed by atoms with van der Waals surface area (Å²) in [6.07, 6.45) is 4.27. The van der Waals surface area contributed by atoms with Crippen LogP contribution in [0.15, 0.2) is 18.2 Å². The fraction of sp³-hybridized carbons (Fsp3) is 0.625. The first-order valence-corrected chi connectivity index (χ1v) is 7.52. The van der Waals surface area contributed by atoms with Gasteiger partial charge in [-0.1, -0.05) is 12.8 Å². The first-order valence-electron chi connectivity index (χ1n) is 7.52. The second-order valence-corrected chi connectivity index (χ2v) is 5.83. The minimum Gasteiger partial charge on any atom is -0.389 e. The predicted octanol–water partition coefficient (Wildman–Crippen LogP) is 3.03. The highest BCUT2D eigenvalue weighted by molar-refractivity contribution is 5.56. The van der Waals surface area contributed by atoms with Gasteiger partial charge < -0.3 is 14.7 Å². The molecule has 1 aromatic carbocycles. The Balaban J connectivity index is 1.94. The maximum Gasteiger partial charge on any atom is 0.123 e. The van der Waals surface area contributed by atoms with Crippen molar-refractivity contribution in [2.45, 2.75) is 50.9 Å². The molecular weight excluding hydrogens is 257 g/mol. The summed E-state index contributed by atoms with van der Waals surface area (Å²) in [7, 11) is 0. The number of fused-ring (bicyclic) bond motifs is 1. The molecule has 1 heterocycles. The van der Waals surface area contributed by atoms with Crippen LogP contribution < -0.4 is 4.90 Å². The summed E-state index contributed by atoms with van der Waals surface area (Å²) < 4.78 is 19.3. The second kappa shape index (κ2) is 5.70. The third kappa shape index (κ3) is 2.54. The molecule has 2 fully saturated rings. The van der Waals surface area contributed by atoms with E-state index in [1.54, 1.807) is 13.0 Å². The molecule has 4 heteroatoms. The highest BCUT2D eigenvalue weighted by Gasteiger charge is 2.35. The van der Waals surface area contributed by atoms with Gasteiger partial charge in [0, 0.05) is 17.8 Å². The van der Waals surface area contributed by atoms with Crippen molar-refractivity contribution in [3.8, 4) is 0 Å². The van der Waals surface area contributed by atoms with Gasteiger partial charge in [-0.15, -0.1) is 0 Å². The fourth-order valence-electron chi connectivity index (χ4n) is 3.52. The van der Waals surface area contributed by atoms with E-state index in [-0.39, 0.29) is 11.9 Å². The molecule has 20 heavy (non-hydrogen) atoms. The summed E-state index contributed by atoms with van der Waals surface area (Å²) in [5.41, 5.74) is 1.64. The number of anilines is 1. The average Bonchev–Trinajstić information content (AvgIpc) is 2.46. The van der Waals surface area contributed by atoms with Crippen LogP contribution in [0.2, 0.25) is 0 Å². The standard InChI is InChI=1S/C16H22FNO2/c1-11(19)13-10-12(17)6-7-14(13)18-8-9-20-16-5-3-2-4-15(16)18/h6-7,10-11,15-16,19H,2-5,8-9H2,1H3/t11-,15?,16?/m1/s1. The van der Waals surface area contributed by atoms with E-state index in [0.717, 1.165) is 25.1 Å². The van der Waals surface area contributed by atoms with Gasteiger partial charge in [0.15, 0.2) is 0 Å². The van der Waals surface area contributed by atoms with Gasteiger partial charge in [-0.25, -0.2) is 4.39 Å². The lowest BCUT2D eigenvalue weighted by molar-refractivity contribution is -0.00888. The zero-order valence-electron chi connectivity index (χ0n) is 11.9. The SMILES string of the molecule is C[C@@H](O)c1cc(F)ccc1N1CCOC2CCCCC21. The molecule has 0 aromatic heterocycles. The number of rotatable bonds is 2. The maximum absolute atomic E-state index is 13.5. The molecular formula is C16H22FNO2. The molecule has 0 bridgehead atoms. The minimum absolute atomic E-state index is 0.282. The van der Waals surface area contributed by atoms with Crippen molar-refractivity contribution in [1.29, 1.82) is 0 Å². The molecule has 3 nitrogen and oxygen atoms in total. The van der Waals surface area contributed by atoms with Gasteiger partial charge in [0.1, 0.15) is 5.82 Å². The quantitative estimate of drug-likeness (QED) is 0.903. The molecule has 1 aliphatic heterocycles. The van der Waals surface area contributed by atoms with Gasteiger partial charge in [-0.3, -0.25) is 0 Å². The van der Waals surface area contributed by atoms with Crippen LogP contribution in [-0.2, 0) is 4.74 Å². The van der Waals surface area contributed by atoms with E-state index in [9.17, 15) is 9.50 Å². The largest absolute Gasteiger partial charge is 0.389 e.